The second-order valence-electron chi connectivity index (χ2n) is 4.01. The van der Waals surface area contributed by atoms with Gasteiger partial charge in [0, 0.05) is 37.8 Å². The highest BCUT2D eigenvalue weighted by molar-refractivity contribution is 5.06. The molecule has 2 heterocycles. The van der Waals surface area contributed by atoms with E-state index < -0.39 is 0 Å². The second kappa shape index (κ2) is 5.54. The maximum Gasteiger partial charge on any atom is 0.138 e. The fraction of sp³-hybridized carbons (Fsp3) is 0.417. The van der Waals surface area contributed by atoms with Crippen molar-refractivity contribution in [3.05, 3.63) is 42.2 Å². The van der Waals surface area contributed by atoms with E-state index in [0.29, 0.717) is 6.04 Å². The maximum absolute atomic E-state index is 4.34. The Bertz CT molecular complexity index is 451. The molecule has 0 bridgehead atoms. The Morgan fingerprint density at radius 1 is 1.29 bits per heavy atom. The Labute approximate surface area is 101 Å². The van der Waals surface area contributed by atoms with Gasteiger partial charge in [-0.3, -0.25) is 9.67 Å². The van der Waals surface area contributed by atoms with Crippen molar-refractivity contribution >= 4 is 0 Å². The van der Waals surface area contributed by atoms with Crippen molar-refractivity contribution in [1.82, 2.24) is 25.1 Å². The number of likely N-dealkylation sites (N-methyl/N-ethyl adjacent to an activating group) is 1. The molecule has 0 saturated heterocycles. The molecule has 2 rings (SSSR count). The van der Waals surface area contributed by atoms with E-state index in [2.05, 4.69) is 20.4 Å². The molecule has 1 N–H and O–H groups in total. The lowest BCUT2D eigenvalue weighted by Crippen LogP contribution is -2.31. The lowest BCUT2D eigenvalue weighted by Gasteiger charge is -2.14. The van der Waals surface area contributed by atoms with Gasteiger partial charge in [-0.05, 0) is 19.2 Å². The van der Waals surface area contributed by atoms with Crippen LogP contribution in [0.25, 0.3) is 0 Å². The van der Waals surface area contributed by atoms with Crippen molar-refractivity contribution in [2.45, 2.75) is 18.9 Å². The smallest absolute Gasteiger partial charge is 0.138 e. The highest BCUT2D eigenvalue weighted by atomic mass is 15.3. The van der Waals surface area contributed by atoms with Crippen LogP contribution in [0.3, 0.4) is 0 Å². The normalized spacial score (nSPS) is 12.6. The van der Waals surface area contributed by atoms with E-state index in [-0.39, 0.29) is 0 Å². The molecule has 5 nitrogen and oxygen atoms in total. The van der Waals surface area contributed by atoms with Gasteiger partial charge in [0.05, 0.1) is 0 Å². The molecule has 90 valence electrons. The number of rotatable bonds is 5. The van der Waals surface area contributed by atoms with E-state index in [4.69, 9.17) is 0 Å². The molecule has 0 aliphatic rings. The summed E-state index contributed by atoms with van der Waals surface area (Å²) in [6.07, 6.45) is 5.15. The summed E-state index contributed by atoms with van der Waals surface area (Å²) in [5.41, 5.74) is 1.09. The highest BCUT2D eigenvalue weighted by Gasteiger charge is 2.12. The summed E-state index contributed by atoms with van der Waals surface area (Å²) < 4.78 is 1.81. The molecule has 0 aliphatic heterocycles. The number of pyridine rings is 1. The Morgan fingerprint density at radius 2 is 2.18 bits per heavy atom. The third-order valence-electron chi connectivity index (χ3n) is 2.82. The molecule has 0 aliphatic carbocycles. The molecule has 1 atom stereocenters. The van der Waals surface area contributed by atoms with Crippen molar-refractivity contribution in [2.75, 3.05) is 7.05 Å². The minimum absolute atomic E-state index is 0.327. The van der Waals surface area contributed by atoms with Gasteiger partial charge in [0.15, 0.2) is 0 Å². The molecule has 1 unspecified atom stereocenters. The fourth-order valence-corrected chi connectivity index (χ4v) is 1.77. The minimum Gasteiger partial charge on any atom is -0.316 e. The monoisotopic (exact) mass is 231 g/mol. The number of nitrogens with one attached hydrogen (secondary N) is 1. The zero-order valence-corrected chi connectivity index (χ0v) is 10.2. The number of nitrogens with zero attached hydrogens (tertiary/aromatic N) is 4. The van der Waals surface area contributed by atoms with Crippen molar-refractivity contribution in [3.8, 4) is 0 Å². The second-order valence-corrected chi connectivity index (χ2v) is 4.01. The zero-order valence-electron chi connectivity index (χ0n) is 10.2. The van der Waals surface area contributed by atoms with Gasteiger partial charge in [-0.25, -0.2) is 4.98 Å². The molecule has 5 heteroatoms. The summed E-state index contributed by atoms with van der Waals surface area (Å²) >= 11 is 0. The molecule has 17 heavy (non-hydrogen) atoms. The Kier molecular flexibility index (Phi) is 3.82. The van der Waals surface area contributed by atoms with Crippen LogP contribution in [0.4, 0.5) is 0 Å². The SMILES string of the molecule is CNC(Cc1ccccn1)Cc1ncnn1C. The molecular formula is C12H17N5. The first-order chi connectivity index (χ1) is 8.29. The van der Waals surface area contributed by atoms with Crippen molar-refractivity contribution < 1.29 is 0 Å². The van der Waals surface area contributed by atoms with Crippen molar-refractivity contribution in [3.63, 3.8) is 0 Å². The number of aryl methyl sites for hydroxylation is 1. The van der Waals surface area contributed by atoms with Crippen LogP contribution in [0.2, 0.25) is 0 Å². The minimum atomic E-state index is 0.327. The van der Waals surface area contributed by atoms with Gasteiger partial charge in [-0.2, -0.15) is 5.10 Å². The molecule has 0 amide bonds. The quantitative estimate of drug-likeness (QED) is 0.818. The van der Waals surface area contributed by atoms with Crippen LogP contribution in [0.1, 0.15) is 11.5 Å². The van der Waals surface area contributed by atoms with Gasteiger partial charge >= 0.3 is 0 Å². The lowest BCUT2D eigenvalue weighted by molar-refractivity contribution is 0.522. The standard InChI is InChI=1S/C12H17N5/c1-13-11(7-10-5-3-4-6-14-10)8-12-15-9-16-17(12)2/h3-6,9,11,13H,7-8H2,1-2H3. The molecule has 2 aromatic heterocycles. The summed E-state index contributed by atoms with van der Waals surface area (Å²) in [4.78, 5) is 8.57. The van der Waals surface area contributed by atoms with Gasteiger partial charge < -0.3 is 5.32 Å². The highest BCUT2D eigenvalue weighted by Crippen LogP contribution is 2.04. The molecule has 0 saturated carbocycles. The van der Waals surface area contributed by atoms with Crippen LogP contribution in [0, 0.1) is 0 Å². The lowest BCUT2D eigenvalue weighted by atomic mass is 10.1. The summed E-state index contributed by atoms with van der Waals surface area (Å²) in [7, 11) is 3.87. The number of hydrogen-bond acceptors (Lipinski definition) is 4. The Balaban J connectivity index is 2.00. The average molecular weight is 231 g/mol. The summed E-state index contributed by atoms with van der Waals surface area (Å²) in [5.74, 6) is 0.986. The first kappa shape index (κ1) is 11.7. The predicted molar refractivity (Wildman–Crippen MR) is 65.5 cm³/mol. The topological polar surface area (TPSA) is 55.6 Å². The van der Waals surface area contributed by atoms with Crippen molar-refractivity contribution in [2.24, 2.45) is 7.05 Å². The Morgan fingerprint density at radius 3 is 2.76 bits per heavy atom. The number of aromatic nitrogens is 4. The maximum atomic E-state index is 4.34. The fourth-order valence-electron chi connectivity index (χ4n) is 1.77. The molecular weight excluding hydrogens is 214 g/mol. The van der Waals surface area contributed by atoms with E-state index in [9.17, 15) is 0 Å². The molecule has 0 radical (unpaired) electrons. The largest absolute Gasteiger partial charge is 0.316 e. The van der Waals surface area contributed by atoms with E-state index >= 15 is 0 Å². The predicted octanol–water partition coefficient (Wildman–Crippen LogP) is 0.583. The molecule has 2 aromatic rings. The summed E-state index contributed by atoms with van der Waals surface area (Å²) in [6.45, 7) is 0. The van der Waals surface area contributed by atoms with Crippen LogP contribution < -0.4 is 5.32 Å². The van der Waals surface area contributed by atoms with Crippen LogP contribution in [-0.2, 0) is 19.9 Å². The third kappa shape index (κ3) is 3.10. The third-order valence-corrected chi connectivity index (χ3v) is 2.82. The van der Waals surface area contributed by atoms with Crippen LogP contribution in [0.5, 0.6) is 0 Å². The van der Waals surface area contributed by atoms with Crippen LogP contribution in [0.15, 0.2) is 30.7 Å². The van der Waals surface area contributed by atoms with E-state index in [1.165, 1.54) is 0 Å². The summed E-state index contributed by atoms with van der Waals surface area (Å²) in [5, 5.41) is 7.37. The van der Waals surface area contributed by atoms with Crippen molar-refractivity contribution in [1.29, 1.82) is 0 Å². The van der Waals surface area contributed by atoms with Gasteiger partial charge in [0.2, 0.25) is 0 Å². The van der Waals surface area contributed by atoms with Gasteiger partial charge in [-0.15, -0.1) is 0 Å². The van der Waals surface area contributed by atoms with E-state index in [0.717, 1.165) is 24.4 Å². The van der Waals surface area contributed by atoms with Gasteiger partial charge in [0.25, 0.3) is 0 Å². The average Bonchev–Trinajstić information content (AvgIpc) is 2.75. The van der Waals surface area contributed by atoms with E-state index in [1.807, 2.05) is 43.2 Å². The molecule has 0 fully saturated rings. The van der Waals surface area contributed by atoms with Crippen LogP contribution in [-0.4, -0.2) is 32.8 Å². The van der Waals surface area contributed by atoms with Crippen LogP contribution >= 0.6 is 0 Å². The molecule has 0 aromatic carbocycles. The van der Waals surface area contributed by atoms with Gasteiger partial charge in [-0.1, -0.05) is 6.07 Å². The first-order valence-corrected chi connectivity index (χ1v) is 5.69. The van der Waals surface area contributed by atoms with Gasteiger partial charge in [0.1, 0.15) is 12.2 Å². The molecule has 0 spiro atoms. The number of hydrogen-bond donors (Lipinski definition) is 1. The Hall–Kier alpha value is -1.75. The first-order valence-electron chi connectivity index (χ1n) is 5.69. The van der Waals surface area contributed by atoms with E-state index in [1.54, 1.807) is 6.33 Å². The zero-order chi connectivity index (χ0) is 12.1. The summed E-state index contributed by atoms with van der Waals surface area (Å²) in [6, 6.07) is 6.31.